The van der Waals surface area contributed by atoms with Crippen molar-refractivity contribution < 1.29 is 19.1 Å². The van der Waals surface area contributed by atoms with Crippen LogP contribution in [0.1, 0.15) is 40.4 Å². The van der Waals surface area contributed by atoms with E-state index in [1.165, 1.54) is 7.11 Å². The Morgan fingerprint density at radius 1 is 1.15 bits per heavy atom. The number of carbonyl (C=O) groups is 3. The molecule has 1 aliphatic rings. The van der Waals surface area contributed by atoms with E-state index in [9.17, 15) is 14.4 Å². The fourth-order valence-corrected chi connectivity index (χ4v) is 2.95. The van der Waals surface area contributed by atoms with Crippen molar-refractivity contribution in [1.82, 2.24) is 5.32 Å². The standard InChI is InChI=1S/C20H20N2O4/c1-26-19(24)12-17(13-5-3-2-4-6-13)22-20(25)15-7-9-16-14(11-15)8-10-18(23)21-16/h2-7,9,11,17H,8,10,12H2,1H3,(H,21,23)(H,22,25)/t17-/m0/s1. The molecule has 1 atom stereocenters. The zero-order valence-electron chi connectivity index (χ0n) is 14.5. The monoisotopic (exact) mass is 352 g/mol. The van der Waals surface area contributed by atoms with E-state index in [-0.39, 0.29) is 18.2 Å². The van der Waals surface area contributed by atoms with Crippen LogP contribution in [0.4, 0.5) is 5.69 Å². The molecule has 0 saturated heterocycles. The number of anilines is 1. The van der Waals surface area contributed by atoms with Gasteiger partial charge in [0.1, 0.15) is 0 Å². The second-order valence-corrected chi connectivity index (χ2v) is 6.14. The Labute approximate surface area is 151 Å². The van der Waals surface area contributed by atoms with Crippen LogP contribution in [0.15, 0.2) is 48.5 Å². The zero-order chi connectivity index (χ0) is 18.5. The summed E-state index contributed by atoms with van der Waals surface area (Å²) in [7, 11) is 1.32. The molecular formula is C20H20N2O4. The molecule has 1 heterocycles. The van der Waals surface area contributed by atoms with Gasteiger partial charge in [-0.15, -0.1) is 0 Å². The topological polar surface area (TPSA) is 84.5 Å². The van der Waals surface area contributed by atoms with Gasteiger partial charge in [0.2, 0.25) is 5.91 Å². The van der Waals surface area contributed by atoms with Gasteiger partial charge in [-0.3, -0.25) is 14.4 Å². The van der Waals surface area contributed by atoms with Crippen LogP contribution in [0.3, 0.4) is 0 Å². The van der Waals surface area contributed by atoms with E-state index in [1.807, 2.05) is 30.3 Å². The van der Waals surface area contributed by atoms with E-state index in [1.54, 1.807) is 18.2 Å². The fraction of sp³-hybridized carbons (Fsp3) is 0.250. The normalized spacial score (nSPS) is 14.0. The molecule has 6 nitrogen and oxygen atoms in total. The van der Waals surface area contributed by atoms with Crippen LogP contribution in [0.2, 0.25) is 0 Å². The van der Waals surface area contributed by atoms with Crippen LogP contribution >= 0.6 is 0 Å². The van der Waals surface area contributed by atoms with Crippen LogP contribution in [-0.4, -0.2) is 24.9 Å². The molecule has 26 heavy (non-hydrogen) atoms. The van der Waals surface area contributed by atoms with E-state index < -0.39 is 12.0 Å². The van der Waals surface area contributed by atoms with Gasteiger partial charge in [0, 0.05) is 17.7 Å². The average Bonchev–Trinajstić information content (AvgIpc) is 2.67. The van der Waals surface area contributed by atoms with Crippen molar-refractivity contribution in [3.05, 3.63) is 65.2 Å². The molecule has 2 N–H and O–H groups in total. The Morgan fingerprint density at radius 2 is 1.92 bits per heavy atom. The minimum absolute atomic E-state index is 0.0167. The summed E-state index contributed by atoms with van der Waals surface area (Å²) < 4.78 is 4.74. The lowest BCUT2D eigenvalue weighted by atomic mass is 9.99. The Morgan fingerprint density at radius 3 is 2.65 bits per heavy atom. The molecule has 0 radical (unpaired) electrons. The maximum Gasteiger partial charge on any atom is 0.307 e. The molecule has 2 aromatic carbocycles. The minimum atomic E-state index is -0.480. The summed E-state index contributed by atoms with van der Waals surface area (Å²) in [5.41, 5.74) is 3.00. The van der Waals surface area contributed by atoms with Crippen LogP contribution in [0.25, 0.3) is 0 Å². The molecule has 3 rings (SSSR count). The number of hydrogen-bond acceptors (Lipinski definition) is 4. The SMILES string of the molecule is COC(=O)C[C@H](NC(=O)c1ccc2c(c1)CCC(=O)N2)c1ccccc1. The van der Waals surface area contributed by atoms with Crippen molar-refractivity contribution in [3.63, 3.8) is 0 Å². The lowest BCUT2D eigenvalue weighted by Gasteiger charge is -2.20. The maximum absolute atomic E-state index is 12.7. The molecule has 0 spiro atoms. The molecule has 134 valence electrons. The molecular weight excluding hydrogens is 332 g/mol. The van der Waals surface area contributed by atoms with Gasteiger partial charge in [0.15, 0.2) is 0 Å². The Balaban J connectivity index is 1.79. The van der Waals surface area contributed by atoms with Crippen molar-refractivity contribution in [2.75, 3.05) is 12.4 Å². The molecule has 0 unspecified atom stereocenters. The van der Waals surface area contributed by atoms with E-state index in [0.29, 0.717) is 18.4 Å². The highest BCUT2D eigenvalue weighted by molar-refractivity contribution is 5.98. The first-order valence-corrected chi connectivity index (χ1v) is 8.42. The number of aryl methyl sites for hydroxylation is 1. The lowest BCUT2D eigenvalue weighted by Crippen LogP contribution is -2.30. The van der Waals surface area contributed by atoms with Crippen molar-refractivity contribution in [2.24, 2.45) is 0 Å². The number of benzene rings is 2. The second kappa shape index (κ2) is 7.82. The number of rotatable bonds is 5. The second-order valence-electron chi connectivity index (χ2n) is 6.14. The average molecular weight is 352 g/mol. The van der Waals surface area contributed by atoms with E-state index in [4.69, 9.17) is 4.74 Å². The third kappa shape index (κ3) is 4.08. The third-order valence-corrected chi connectivity index (χ3v) is 4.37. The lowest BCUT2D eigenvalue weighted by molar-refractivity contribution is -0.141. The maximum atomic E-state index is 12.7. The first kappa shape index (κ1) is 17.7. The highest BCUT2D eigenvalue weighted by Gasteiger charge is 2.21. The van der Waals surface area contributed by atoms with Crippen molar-refractivity contribution >= 4 is 23.5 Å². The van der Waals surface area contributed by atoms with Gasteiger partial charge >= 0.3 is 5.97 Å². The molecule has 0 aromatic heterocycles. The summed E-state index contributed by atoms with van der Waals surface area (Å²) >= 11 is 0. The number of methoxy groups -OCH3 is 1. The van der Waals surface area contributed by atoms with Crippen molar-refractivity contribution in [3.8, 4) is 0 Å². The van der Waals surface area contributed by atoms with Crippen molar-refractivity contribution in [2.45, 2.75) is 25.3 Å². The molecule has 1 aliphatic heterocycles. The van der Waals surface area contributed by atoms with Gasteiger partial charge in [-0.05, 0) is 35.7 Å². The summed E-state index contributed by atoms with van der Waals surface area (Å²) in [5.74, 6) is -0.688. The smallest absolute Gasteiger partial charge is 0.307 e. The molecule has 2 amide bonds. The summed E-state index contributed by atoms with van der Waals surface area (Å²) in [5, 5.41) is 5.70. The van der Waals surface area contributed by atoms with Gasteiger partial charge in [0.05, 0.1) is 19.6 Å². The summed E-state index contributed by atoms with van der Waals surface area (Å²) in [6.45, 7) is 0. The molecule has 6 heteroatoms. The molecule has 0 fully saturated rings. The Bertz CT molecular complexity index is 833. The van der Waals surface area contributed by atoms with Gasteiger partial charge in [-0.1, -0.05) is 30.3 Å². The number of nitrogens with one attached hydrogen (secondary N) is 2. The first-order valence-electron chi connectivity index (χ1n) is 8.42. The third-order valence-electron chi connectivity index (χ3n) is 4.37. The highest BCUT2D eigenvalue weighted by atomic mass is 16.5. The summed E-state index contributed by atoms with van der Waals surface area (Å²) in [6.07, 6.45) is 1.06. The highest BCUT2D eigenvalue weighted by Crippen LogP contribution is 2.24. The molecule has 0 saturated carbocycles. The number of hydrogen-bond donors (Lipinski definition) is 2. The largest absolute Gasteiger partial charge is 0.469 e. The van der Waals surface area contributed by atoms with Crippen molar-refractivity contribution in [1.29, 1.82) is 0 Å². The number of amides is 2. The fourth-order valence-electron chi connectivity index (χ4n) is 2.95. The van der Waals surface area contributed by atoms with Crippen LogP contribution < -0.4 is 10.6 Å². The number of fused-ring (bicyclic) bond motifs is 1. The van der Waals surface area contributed by atoms with Crippen LogP contribution in [-0.2, 0) is 20.7 Å². The molecule has 0 aliphatic carbocycles. The minimum Gasteiger partial charge on any atom is -0.469 e. The van der Waals surface area contributed by atoms with Crippen LogP contribution in [0.5, 0.6) is 0 Å². The number of carbonyl (C=O) groups excluding carboxylic acids is 3. The quantitative estimate of drug-likeness (QED) is 0.810. The Hall–Kier alpha value is -3.15. The summed E-state index contributed by atoms with van der Waals surface area (Å²) in [6, 6.07) is 14.0. The van der Waals surface area contributed by atoms with Gasteiger partial charge in [-0.25, -0.2) is 0 Å². The van der Waals surface area contributed by atoms with Gasteiger partial charge < -0.3 is 15.4 Å². The number of esters is 1. The first-order chi connectivity index (χ1) is 12.6. The predicted molar refractivity (Wildman–Crippen MR) is 96.7 cm³/mol. The van der Waals surface area contributed by atoms with E-state index in [2.05, 4.69) is 10.6 Å². The molecule has 2 aromatic rings. The predicted octanol–water partition coefficient (Wildman–Crippen LogP) is 2.61. The van der Waals surface area contributed by atoms with Gasteiger partial charge in [-0.2, -0.15) is 0 Å². The molecule has 0 bridgehead atoms. The van der Waals surface area contributed by atoms with E-state index >= 15 is 0 Å². The van der Waals surface area contributed by atoms with E-state index in [0.717, 1.165) is 16.8 Å². The zero-order valence-corrected chi connectivity index (χ0v) is 14.5. The summed E-state index contributed by atoms with van der Waals surface area (Å²) in [4.78, 5) is 35.9. The number of ether oxygens (including phenoxy) is 1. The Kier molecular flexibility index (Phi) is 5.31. The van der Waals surface area contributed by atoms with Gasteiger partial charge in [0.25, 0.3) is 5.91 Å². The van der Waals surface area contributed by atoms with Crippen LogP contribution in [0, 0.1) is 0 Å².